The zero-order valence-electron chi connectivity index (χ0n) is 12.5. The van der Waals surface area contributed by atoms with Gasteiger partial charge in [-0.2, -0.15) is 0 Å². The average Bonchev–Trinajstić information content (AvgIpc) is 2.99. The van der Waals surface area contributed by atoms with Gasteiger partial charge < -0.3 is 19.5 Å². The maximum atomic E-state index is 5.42. The predicted molar refractivity (Wildman–Crippen MR) is 84.2 cm³/mol. The van der Waals surface area contributed by atoms with E-state index in [0.29, 0.717) is 6.61 Å². The molecule has 1 N–H and O–H groups in total. The van der Waals surface area contributed by atoms with Crippen LogP contribution in [0.5, 0.6) is 11.5 Å². The number of methoxy groups -OCH3 is 3. The normalized spacial score (nSPS) is 10.6. The molecule has 0 bridgehead atoms. The minimum absolute atomic E-state index is 0.699. The fourth-order valence-corrected chi connectivity index (χ4v) is 2.66. The van der Waals surface area contributed by atoms with Crippen LogP contribution in [0.25, 0.3) is 11.3 Å². The van der Waals surface area contributed by atoms with Crippen molar-refractivity contribution < 1.29 is 14.2 Å². The Labute approximate surface area is 128 Å². The van der Waals surface area contributed by atoms with Crippen molar-refractivity contribution in [1.29, 1.82) is 0 Å². The molecule has 1 aromatic carbocycles. The molecule has 0 radical (unpaired) electrons. The van der Waals surface area contributed by atoms with Crippen molar-refractivity contribution in [1.82, 2.24) is 10.3 Å². The molecule has 6 heteroatoms. The molecule has 21 heavy (non-hydrogen) atoms. The van der Waals surface area contributed by atoms with Gasteiger partial charge in [-0.3, -0.25) is 0 Å². The zero-order valence-corrected chi connectivity index (χ0v) is 13.3. The Bertz CT molecular complexity index is 572. The molecular formula is C15H20N2O3S. The summed E-state index contributed by atoms with van der Waals surface area (Å²) in [4.78, 5) is 4.64. The lowest BCUT2D eigenvalue weighted by Gasteiger charge is -2.08. The third-order valence-corrected chi connectivity index (χ3v) is 3.84. The minimum Gasteiger partial charge on any atom is -0.497 e. The molecule has 0 fully saturated rings. The molecule has 0 aliphatic carbocycles. The van der Waals surface area contributed by atoms with E-state index >= 15 is 0 Å². The third-order valence-electron chi connectivity index (χ3n) is 3.00. The number of aromatic nitrogens is 1. The van der Waals surface area contributed by atoms with Crippen LogP contribution in [0.15, 0.2) is 23.6 Å². The molecule has 0 aliphatic heterocycles. The summed E-state index contributed by atoms with van der Waals surface area (Å²) in [6.45, 7) is 2.26. The van der Waals surface area contributed by atoms with Gasteiger partial charge in [0.1, 0.15) is 16.5 Å². The molecule has 2 rings (SSSR count). The van der Waals surface area contributed by atoms with E-state index in [9.17, 15) is 0 Å². The Balaban J connectivity index is 2.10. The largest absolute Gasteiger partial charge is 0.497 e. The van der Waals surface area contributed by atoms with Crippen LogP contribution in [0.2, 0.25) is 0 Å². The highest BCUT2D eigenvalue weighted by Crippen LogP contribution is 2.33. The van der Waals surface area contributed by atoms with Crippen LogP contribution in [0, 0.1) is 0 Å². The zero-order chi connectivity index (χ0) is 15.1. The minimum atomic E-state index is 0.699. The van der Waals surface area contributed by atoms with Gasteiger partial charge in [-0.25, -0.2) is 4.98 Å². The van der Waals surface area contributed by atoms with Gasteiger partial charge in [0.15, 0.2) is 0 Å². The van der Waals surface area contributed by atoms with E-state index in [0.717, 1.165) is 40.9 Å². The quantitative estimate of drug-likeness (QED) is 0.760. The summed E-state index contributed by atoms with van der Waals surface area (Å²) in [7, 11) is 4.98. The fourth-order valence-electron chi connectivity index (χ4n) is 1.90. The molecule has 5 nitrogen and oxygen atoms in total. The van der Waals surface area contributed by atoms with Gasteiger partial charge in [-0.05, 0) is 12.1 Å². The van der Waals surface area contributed by atoms with E-state index in [-0.39, 0.29) is 0 Å². The first-order valence-corrected chi connectivity index (χ1v) is 7.53. The second-order valence-corrected chi connectivity index (χ2v) is 5.30. The van der Waals surface area contributed by atoms with Gasteiger partial charge in [-0.1, -0.05) is 0 Å². The first kappa shape index (κ1) is 15.8. The maximum absolute atomic E-state index is 5.42. The molecule has 0 atom stereocenters. The van der Waals surface area contributed by atoms with Gasteiger partial charge in [0.25, 0.3) is 0 Å². The molecule has 2 aromatic rings. The van der Waals surface area contributed by atoms with Crippen LogP contribution in [0.3, 0.4) is 0 Å². The molecule has 1 aromatic heterocycles. The number of nitrogens with one attached hydrogen (secondary N) is 1. The van der Waals surface area contributed by atoms with E-state index in [4.69, 9.17) is 14.2 Å². The summed E-state index contributed by atoms with van der Waals surface area (Å²) in [6.07, 6.45) is 0. The molecular weight excluding hydrogens is 288 g/mol. The van der Waals surface area contributed by atoms with Crippen LogP contribution in [0.1, 0.15) is 5.01 Å². The first-order valence-electron chi connectivity index (χ1n) is 6.65. The van der Waals surface area contributed by atoms with Crippen molar-refractivity contribution in [3.8, 4) is 22.8 Å². The lowest BCUT2D eigenvalue weighted by atomic mass is 10.1. The number of rotatable bonds is 8. The van der Waals surface area contributed by atoms with Crippen LogP contribution >= 0.6 is 11.3 Å². The number of hydrogen-bond acceptors (Lipinski definition) is 6. The average molecular weight is 308 g/mol. The van der Waals surface area contributed by atoms with Gasteiger partial charge in [0.05, 0.1) is 26.5 Å². The molecule has 114 valence electrons. The third kappa shape index (κ3) is 4.17. The van der Waals surface area contributed by atoms with Gasteiger partial charge >= 0.3 is 0 Å². The van der Waals surface area contributed by atoms with Crippen LogP contribution in [0.4, 0.5) is 0 Å². The van der Waals surface area contributed by atoms with E-state index in [1.165, 1.54) is 0 Å². The predicted octanol–water partition coefficient (Wildman–Crippen LogP) is 2.56. The Morgan fingerprint density at radius 1 is 1.19 bits per heavy atom. The van der Waals surface area contributed by atoms with Crippen LogP contribution in [-0.4, -0.2) is 39.5 Å². The number of nitrogens with zero attached hydrogens (tertiary/aromatic N) is 1. The van der Waals surface area contributed by atoms with E-state index in [2.05, 4.69) is 10.3 Å². The molecule has 0 saturated heterocycles. The maximum Gasteiger partial charge on any atom is 0.131 e. The monoisotopic (exact) mass is 308 g/mol. The van der Waals surface area contributed by atoms with Crippen molar-refractivity contribution in [3.05, 3.63) is 28.6 Å². The van der Waals surface area contributed by atoms with Crippen molar-refractivity contribution in [2.24, 2.45) is 0 Å². The Morgan fingerprint density at radius 2 is 2.05 bits per heavy atom. The summed E-state index contributed by atoms with van der Waals surface area (Å²) in [5.74, 6) is 1.53. The van der Waals surface area contributed by atoms with Gasteiger partial charge in [-0.15, -0.1) is 11.3 Å². The summed E-state index contributed by atoms with van der Waals surface area (Å²) in [6, 6.07) is 5.74. The molecule has 1 heterocycles. The highest BCUT2D eigenvalue weighted by Gasteiger charge is 2.11. The lowest BCUT2D eigenvalue weighted by molar-refractivity contribution is 0.199. The van der Waals surface area contributed by atoms with Crippen molar-refractivity contribution in [2.75, 3.05) is 34.5 Å². The van der Waals surface area contributed by atoms with Crippen molar-refractivity contribution in [3.63, 3.8) is 0 Å². The second kappa shape index (κ2) is 7.97. The molecule has 0 aliphatic rings. The Kier molecular flexibility index (Phi) is 5.98. The van der Waals surface area contributed by atoms with E-state index in [1.807, 2.05) is 23.6 Å². The highest BCUT2D eigenvalue weighted by molar-refractivity contribution is 7.09. The number of hydrogen-bond donors (Lipinski definition) is 1. The summed E-state index contributed by atoms with van der Waals surface area (Å²) in [5.41, 5.74) is 1.89. The first-order chi connectivity index (χ1) is 10.3. The standard InChI is InChI=1S/C15H20N2O3S/c1-18-7-6-16-9-15-17-13(10-21-15)12-5-4-11(19-2)8-14(12)20-3/h4-5,8,10,16H,6-7,9H2,1-3H3. The molecule has 0 saturated carbocycles. The van der Waals surface area contributed by atoms with E-state index < -0.39 is 0 Å². The van der Waals surface area contributed by atoms with E-state index in [1.54, 1.807) is 32.7 Å². The summed E-state index contributed by atoms with van der Waals surface area (Å²) in [5, 5.41) is 6.37. The van der Waals surface area contributed by atoms with Gasteiger partial charge in [0.2, 0.25) is 0 Å². The second-order valence-electron chi connectivity index (χ2n) is 4.36. The lowest BCUT2D eigenvalue weighted by Crippen LogP contribution is -2.18. The van der Waals surface area contributed by atoms with Crippen LogP contribution < -0.4 is 14.8 Å². The summed E-state index contributed by atoms with van der Waals surface area (Å²) < 4.78 is 15.6. The molecule has 0 spiro atoms. The Hall–Kier alpha value is -1.63. The van der Waals surface area contributed by atoms with Crippen LogP contribution in [-0.2, 0) is 11.3 Å². The SMILES string of the molecule is COCCNCc1nc(-c2ccc(OC)cc2OC)cs1. The topological polar surface area (TPSA) is 52.6 Å². The fraction of sp³-hybridized carbons (Fsp3) is 0.400. The molecule has 0 amide bonds. The Morgan fingerprint density at radius 3 is 2.76 bits per heavy atom. The van der Waals surface area contributed by atoms with Crippen molar-refractivity contribution in [2.45, 2.75) is 6.54 Å². The number of benzene rings is 1. The number of ether oxygens (including phenoxy) is 3. The molecule has 0 unspecified atom stereocenters. The van der Waals surface area contributed by atoms with Crippen molar-refractivity contribution >= 4 is 11.3 Å². The highest BCUT2D eigenvalue weighted by atomic mass is 32.1. The van der Waals surface area contributed by atoms with Gasteiger partial charge in [0, 0.05) is 37.2 Å². The summed E-state index contributed by atoms with van der Waals surface area (Å²) >= 11 is 1.63. The number of thiazole rings is 1. The smallest absolute Gasteiger partial charge is 0.131 e.